The molecule has 1 N–H and O–H groups in total. The molecular formula is C17H36N2. The number of hydrogen-bond donors (Lipinski definition) is 1. The molecule has 2 nitrogen and oxygen atoms in total. The van der Waals surface area contributed by atoms with Crippen LogP contribution in [-0.2, 0) is 0 Å². The van der Waals surface area contributed by atoms with Gasteiger partial charge in [0.25, 0.3) is 0 Å². The van der Waals surface area contributed by atoms with Crippen molar-refractivity contribution in [1.29, 1.82) is 0 Å². The lowest BCUT2D eigenvalue weighted by Gasteiger charge is -2.43. The molecule has 0 saturated carbocycles. The lowest BCUT2D eigenvalue weighted by molar-refractivity contribution is 0.0903. The van der Waals surface area contributed by atoms with Gasteiger partial charge in [-0.25, -0.2) is 0 Å². The van der Waals surface area contributed by atoms with Crippen LogP contribution >= 0.6 is 0 Å². The van der Waals surface area contributed by atoms with Crippen LogP contribution in [-0.4, -0.2) is 36.6 Å². The Hall–Kier alpha value is -0.0800. The summed E-state index contributed by atoms with van der Waals surface area (Å²) in [5, 5.41) is 3.77. The van der Waals surface area contributed by atoms with Crippen LogP contribution in [0.3, 0.4) is 0 Å². The molecule has 0 aromatic carbocycles. The van der Waals surface area contributed by atoms with Crippen LogP contribution < -0.4 is 5.32 Å². The Morgan fingerprint density at radius 2 is 1.84 bits per heavy atom. The van der Waals surface area contributed by atoms with Crippen molar-refractivity contribution in [3.63, 3.8) is 0 Å². The SMILES string of the molecule is CCCCCCN1CC(CC(C)C)NCC1C(C)C. The highest BCUT2D eigenvalue weighted by Gasteiger charge is 2.29. The standard InChI is InChI=1S/C17H36N2/c1-6-7-8-9-10-19-13-16(11-14(2)3)18-12-17(19)15(4)5/h14-18H,6-13H2,1-5H3. The molecule has 1 rings (SSSR count). The fourth-order valence-corrected chi connectivity index (χ4v) is 3.28. The maximum atomic E-state index is 3.77. The van der Waals surface area contributed by atoms with Crippen LogP contribution in [0.5, 0.6) is 0 Å². The zero-order valence-corrected chi connectivity index (χ0v) is 13.9. The minimum absolute atomic E-state index is 0.709. The molecule has 2 unspecified atom stereocenters. The van der Waals surface area contributed by atoms with Crippen LogP contribution in [0.4, 0.5) is 0 Å². The van der Waals surface area contributed by atoms with Gasteiger partial charge in [-0.15, -0.1) is 0 Å². The van der Waals surface area contributed by atoms with Gasteiger partial charge in [0, 0.05) is 25.2 Å². The van der Waals surface area contributed by atoms with Gasteiger partial charge in [-0.05, 0) is 31.2 Å². The molecule has 1 fully saturated rings. The minimum atomic E-state index is 0.709. The third kappa shape index (κ3) is 6.27. The summed E-state index contributed by atoms with van der Waals surface area (Å²) in [6, 6.07) is 1.45. The first-order valence-electron chi connectivity index (χ1n) is 8.52. The Balaban J connectivity index is 2.43. The summed E-state index contributed by atoms with van der Waals surface area (Å²) in [6.45, 7) is 15.4. The topological polar surface area (TPSA) is 15.3 Å². The molecule has 0 bridgehead atoms. The van der Waals surface area contributed by atoms with Gasteiger partial charge in [0.15, 0.2) is 0 Å². The number of rotatable bonds is 8. The third-order valence-electron chi connectivity index (χ3n) is 4.36. The molecule has 114 valence electrons. The van der Waals surface area contributed by atoms with Crippen LogP contribution in [0, 0.1) is 11.8 Å². The van der Waals surface area contributed by atoms with Crippen molar-refractivity contribution in [2.45, 2.75) is 78.8 Å². The van der Waals surface area contributed by atoms with Gasteiger partial charge in [-0.3, -0.25) is 4.90 Å². The Bertz CT molecular complexity index is 225. The molecule has 1 heterocycles. The van der Waals surface area contributed by atoms with E-state index in [0.29, 0.717) is 6.04 Å². The predicted molar refractivity (Wildman–Crippen MR) is 85.6 cm³/mol. The molecule has 0 amide bonds. The molecule has 0 radical (unpaired) electrons. The first-order chi connectivity index (χ1) is 9.04. The zero-order chi connectivity index (χ0) is 14.3. The fraction of sp³-hybridized carbons (Fsp3) is 1.00. The molecular weight excluding hydrogens is 232 g/mol. The monoisotopic (exact) mass is 268 g/mol. The van der Waals surface area contributed by atoms with E-state index in [-0.39, 0.29) is 0 Å². The van der Waals surface area contributed by atoms with Gasteiger partial charge < -0.3 is 5.32 Å². The lowest BCUT2D eigenvalue weighted by Crippen LogP contribution is -2.58. The second-order valence-electron chi connectivity index (χ2n) is 7.10. The number of piperazine rings is 1. The van der Waals surface area contributed by atoms with Crippen LogP contribution in [0.15, 0.2) is 0 Å². The molecule has 1 aliphatic heterocycles. The van der Waals surface area contributed by atoms with Crippen molar-refractivity contribution >= 4 is 0 Å². The first kappa shape index (κ1) is 17.0. The Morgan fingerprint density at radius 1 is 1.11 bits per heavy atom. The van der Waals surface area contributed by atoms with Crippen molar-refractivity contribution in [2.24, 2.45) is 11.8 Å². The summed E-state index contributed by atoms with van der Waals surface area (Å²) in [5.41, 5.74) is 0. The molecule has 2 heteroatoms. The summed E-state index contributed by atoms with van der Waals surface area (Å²) in [4.78, 5) is 2.77. The summed E-state index contributed by atoms with van der Waals surface area (Å²) in [6.07, 6.45) is 6.83. The summed E-state index contributed by atoms with van der Waals surface area (Å²) in [7, 11) is 0. The van der Waals surface area contributed by atoms with Gasteiger partial charge in [-0.2, -0.15) is 0 Å². The van der Waals surface area contributed by atoms with E-state index in [2.05, 4.69) is 44.8 Å². The predicted octanol–water partition coefficient (Wildman–Crippen LogP) is 3.91. The highest BCUT2D eigenvalue weighted by molar-refractivity contribution is 4.88. The number of nitrogens with one attached hydrogen (secondary N) is 1. The summed E-state index contributed by atoms with van der Waals surface area (Å²) < 4.78 is 0. The fourth-order valence-electron chi connectivity index (χ4n) is 3.28. The van der Waals surface area contributed by atoms with Gasteiger partial charge in [-0.1, -0.05) is 53.9 Å². The van der Waals surface area contributed by atoms with E-state index in [0.717, 1.165) is 17.9 Å². The number of unbranched alkanes of at least 4 members (excludes halogenated alkanes) is 3. The van der Waals surface area contributed by atoms with Crippen molar-refractivity contribution in [3.8, 4) is 0 Å². The molecule has 0 aromatic heterocycles. The maximum Gasteiger partial charge on any atom is 0.0244 e. The number of nitrogens with zero attached hydrogens (tertiary/aromatic N) is 1. The van der Waals surface area contributed by atoms with E-state index in [1.165, 1.54) is 51.7 Å². The van der Waals surface area contributed by atoms with Crippen molar-refractivity contribution in [1.82, 2.24) is 10.2 Å². The zero-order valence-electron chi connectivity index (χ0n) is 13.9. The highest BCUT2D eigenvalue weighted by atomic mass is 15.2. The van der Waals surface area contributed by atoms with Crippen LogP contribution in [0.1, 0.15) is 66.7 Å². The van der Waals surface area contributed by atoms with E-state index >= 15 is 0 Å². The molecule has 1 saturated heterocycles. The van der Waals surface area contributed by atoms with Gasteiger partial charge in [0.2, 0.25) is 0 Å². The van der Waals surface area contributed by atoms with E-state index in [4.69, 9.17) is 0 Å². The van der Waals surface area contributed by atoms with E-state index in [9.17, 15) is 0 Å². The molecule has 0 spiro atoms. The molecule has 19 heavy (non-hydrogen) atoms. The van der Waals surface area contributed by atoms with E-state index in [1.54, 1.807) is 0 Å². The van der Waals surface area contributed by atoms with Crippen molar-refractivity contribution in [2.75, 3.05) is 19.6 Å². The summed E-state index contributed by atoms with van der Waals surface area (Å²) >= 11 is 0. The smallest absolute Gasteiger partial charge is 0.0244 e. The van der Waals surface area contributed by atoms with Crippen molar-refractivity contribution < 1.29 is 0 Å². The van der Waals surface area contributed by atoms with Gasteiger partial charge >= 0.3 is 0 Å². The Morgan fingerprint density at radius 3 is 2.42 bits per heavy atom. The molecule has 1 aliphatic rings. The average molecular weight is 268 g/mol. The lowest BCUT2D eigenvalue weighted by atomic mass is 9.94. The molecule has 2 atom stereocenters. The second kappa shape index (κ2) is 8.97. The molecule has 0 aliphatic carbocycles. The Kier molecular flexibility index (Phi) is 8.01. The average Bonchev–Trinajstić information content (AvgIpc) is 2.34. The van der Waals surface area contributed by atoms with Crippen LogP contribution in [0.2, 0.25) is 0 Å². The van der Waals surface area contributed by atoms with Crippen molar-refractivity contribution in [3.05, 3.63) is 0 Å². The second-order valence-corrected chi connectivity index (χ2v) is 7.10. The van der Waals surface area contributed by atoms with Gasteiger partial charge in [0.05, 0.1) is 0 Å². The normalized spacial score (nSPS) is 25.4. The van der Waals surface area contributed by atoms with E-state index in [1.807, 2.05) is 0 Å². The van der Waals surface area contributed by atoms with Crippen LogP contribution in [0.25, 0.3) is 0 Å². The maximum absolute atomic E-state index is 3.77. The largest absolute Gasteiger partial charge is 0.311 e. The number of hydrogen-bond acceptors (Lipinski definition) is 2. The summed E-state index contributed by atoms with van der Waals surface area (Å²) in [5.74, 6) is 1.56. The minimum Gasteiger partial charge on any atom is -0.311 e. The highest BCUT2D eigenvalue weighted by Crippen LogP contribution is 2.19. The first-order valence-corrected chi connectivity index (χ1v) is 8.52. The van der Waals surface area contributed by atoms with E-state index < -0.39 is 0 Å². The molecule has 0 aromatic rings. The third-order valence-corrected chi connectivity index (χ3v) is 4.36. The van der Waals surface area contributed by atoms with Gasteiger partial charge in [0.1, 0.15) is 0 Å². The Labute approximate surface area is 121 Å². The quantitative estimate of drug-likeness (QED) is 0.671.